The van der Waals surface area contributed by atoms with E-state index in [0.29, 0.717) is 28.6 Å². The van der Waals surface area contributed by atoms with Crippen molar-refractivity contribution >= 4 is 29.1 Å². The number of hydrogen-bond acceptors (Lipinski definition) is 3. The molecule has 0 heterocycles. The molecule has 0 saturated heterocycles. The van der Waals surface area contributed by atoms with Crippen molar-refractivity contribution < 1.29 is 14.3 Å². The summed E-state index contributed by atoms with van der Waals surface area (Å²) in [5.74, 6) is 0.144. The van der Waals surface area contributed by atoms with Gasteiger partial charge in [0.1, 0.15) is 12.4 Å². The summed E-state index contributed by atoms with van der Waals surface area (Å²) in [5.41, 5.74) is 2.18. The van der Waals surface area contributed by atoms with Gasteiger partial charge in [-0.3, -0.25) is 9.59 Å². The van der Waals surface area contributed by atoms with Crippen molar-refractivity contribution in [3.8, 4) is 5.75 Å². The number of anilines is 1. The first-order chi connectivity index (χ1) is 14.0. The van der Waals surface area contributed by atoms with Crippen molar-refractivity contribution in [2.24, 2.45) is 0 Å². The van der Waals surface area contributed by atoms with E-state index in [1.165, 1.54) is 4.90 Å². The lowest BCUT2D eigenvalue weighted by atomic mass is 10.2. The number of halogens is 1. The largest absolute Gasteiger partial charge is 0.489 e. The van der Waals surface area contributed by atoms with E-state index in [4.69, 9.17) is 16.3 Å². The molecule has 0 saturated carbocycles. The minimum absolute atomic E-state index is 0.0618. The van der Waals surface area contributed by atoms with Crippen LogP contribution in [0.4, 0.5) is 5.69 Å². The summed E-state index contributed by atoms with van der Waals surface area (Å²) < 4.78 is 5.73. The van der Waals surface area contributed by atoms with Gasteiger partial charge in [0.05, 0.1) is 6.54 Å². The fourth-order valence-corrected chi connectivity index (χ4v) is 2.80. The highest BCUT2D eigenvalue weighted by Gasteiger charge is 2.15. The molecule has 3 aromatic rings. The molecule has 2 amide bonds. The molecule has 0 radical (unpaired) electrons. The molecule has 0 aliphatic carbocycles. The fourth-order valence-electron chi connectivity index (χ4n) is 2.68. The number of likely N-dealkylation sites (N-methyl/N-ethyl adjacent to an activating group) is 1. The molecule has 0 unspecified atom stereocenters. The Morgan fingerprint density at radius 2 is 1.59 bits per heavy atom. The summed E-state index contributed by atoms with van der Waals surface area (Å²) >= 11 is 5.83. The molecule has 3 rings (SSSR count). The Hall–Kier alpha value is -3.31. The Balaban J connectivity index is 1.52. The SMILES string of the molecule is CN(CC(=O)Nc1ccc(Cl)cc1)C(=O)c1ccc(OCc2ccccc2)cc1. The van der Waals surface area contributed by atoms with E-state index < -0.39 is 0 Å². The average Bonchev–Trinajstić information content (AvgIpc) is 2.74. The van der Waals surface area contributed by atoms with Crippen molar-refractivity contribution in [3.05, 3.63) is 95.0 Å². The highest BCUT2D eigenvalue weighted by atomic mass is 35.5. The van der Waals surface area contributed by atoms with Gasteiger partial charge in [-0.2, -0.15) is 0 Å². The fraction of sp³-hybridized carbons (Fsp3) is 0.130. The second kappa shape index (κ2) is 9.75. The molecule has 3 aromatic carbocycles. The predicted molar refractivity (Wildman–Crippen MR) is 114 cm³/mol. The number of ether oxygens (including phenoxy) is 1. The van der Waals surface area contributed by atoms with Gasteiger partial charge in [0, 0.05) is 23.3 Å². The molecule has 0 aromatic heterocycles. The monoisotopic (exact) mass is 408 g/mol. The summed E-state index contributed by atoms with van der Waals surface area (Å²) in [6.07, 6.45) is 0. The van der Waals surface area contributed by atoms with E-state index in [1.807, 2.05) is 30.3 Å². The molecule has 0 spiro atoms. The van der Waals surface area contributed by atoms with Gasteiger partial charge in [0.25, 0.3) is 5.91 Å². The van der Waals surface area contributed by atoms with Gasteiger partial charge in [0.2, 0.25) is 5.91 Å². The molecule has 6 heteroatoms. The van der Waals surface area contributed by atoms with Crippen LogP contribution in [0.1, 0.15) is 15.9 Å². The highest BCUT2D eigenvalue weighted by Crippen LogP contribution is 2.16. The summed E-state index contributed by atoms with van der Waals surface area (Å²) in [6.45, 7) is 0.395. The summed E-state index contributed by atoms with van der Waals surface area (Å²) in [5, 5.41) is 3.33. The first-order valence-electron chi connectivity index (χ1n) is 9.09. The molecule has 5 nitrogen and oxygen atoms in total. The highest BCUT2D eigenvalue weighted by molar-refractivity contribution is 6.30. The van der Waals surface area contributed by atoms with E-state index in [9.17, 15) is 9.59 Å². The maximum atomic E-state index is 12.6. The second-order valence-electron chi connectivity index (χ2n) is 6.51. The maximum Gasteiger partial charge on any atom is 0.254 e. The summed E-state index contributed by atoms with van der Waals surface area (Å²) in [6, 6.07) is 23.5. The zero-order valence-corrected chi connectivity index (χ0v) is 16.7. The number of carbonyl (C=O) groups is 2. The third kappa shape index (κ3) is 6.09. The Morgan fingerprint density at radius 1 is 0.931 bits per heavy atom. The molecular weight excluding hydrogens is 388 g/mol. The summed E-state index contributed by atoms with van der Waals surface area (Å²) in [7, 11) is 1.59. The van der Waals surface area contributed by atoms with Gasteiger partial charge in [0.15, 0.2) is 0 Å². The van der Waals surface area contributed by atoms with Crippen LogP contribution in [0.3, 0.4) is 0 Å². The topological polar surface area (TPSA) is 58.6 Å². The lowest BCUT2D eigenvalue weighted by molar-refractivity contribution is -0.116. The van der Waals surface area contributed by atoms with Gasteiger partial charge >= 0.3 is 0 Å². The first kappa shape index (κ1) is 20.4. The molecule has 0 atom stereocenters. The molecular formula is C23H21ClN2O3. The zero-order chi connectivity index (χ0) is 20.6. The minimum atomic E-state index is -0.286. The van der Waals surface area contributed by atoms with Gasteiger partial charge in [-0.1, -0.05) is 41.9 Å². The maximum absolute atomic E-state index is 12.6. The van der Waals surface area contributed by atoms with Crippen molar-refractivity contribution in [3.63, 3.8) is 0 Å². The third-order valence-electron chi connectivity index (χ3n) is 4.21. The number of carbonyl (C=O) groups excluding carboxylic acids is 2. The average molecular weight is 409 g/mol. The minimum Gasteiger partial charge on any atom is -0.489 e. The van der Waals surface area contributed by atoms with Gasteiger partial charge in [-0.25, -0.2) is 0 Å². The van der Waals surface area contributed by atoms with Crippen molar-refractivity contribution in [2.75, 3.05) is 18.9 Å². The normalized spacial score (nSPS) is 10.3. The Morgan fingerprint density at radius 3 is 2.24 bits per heavy atom. The number of amides is 2. The number of nitrogens with one attached hydrogen (secondary N) is 1. The summed E-state index contributed by atoms with van der Waals surface area (Å²) in [4.78, 5) is 26.1. The van der Waals surface area contributed by atoms with Crippen molar-refractivity contribution in [1.29, 1.82) is 0 Å². The number of benzene rings is 3. The van der Waals surface area contributed by atoms with E-state index in [0.717, 1.165) is 5.56 Å². The Bertz CT molecular complexity index is 958. The molecule has 1 N–H and O–H groups in total. The van der Waals surface area contributed by atoms with Crippen LogP contribution in [0.2, 0.25) is 5.02 Å². The predicted octanol–water partition coefficient (Wildman–Crippen LogP) is 4.63. The molecule has 148 valence electrons. The lowest BCUT2D eigenvalue weighted by Gasteiger charge is -2.17. The van der Waals surface area contributed by atoms with E-state index >= 15 is 0 Å². The van der Waals surface area contributed by atoms with Gasteiger partial charge in [-0.15, -0.1) is 0 Å². The van der Waals surface area contributed by atoms with Gasteiger partial charge in [-0.05, 0) is 54.1 Å². The van der Waals surface area contributed by atoms with Crippen LogP contribution in [0.25, 0.3) is 0 Å². The Kier molecular flexibility index (Phi) is 6.87. The number of nitrogens with zero attached hydrogens (tertiary/aromatic N) is 1. The van der Waals surface area contributed by atoms with Crippen LogP contribution >= 0.6 is 11.6 Å². The molecule has 0 aliphatic heterocycles. The van der Waals surface area contributed by atoms with Crippen LogP contribution < -0.4 is 10.1 Å². The zero-order valence-electron chi connectivity index (χ0n) is 16.0. The van der Waals surface area contributed by atoms with Crippen LogP contribution in [0.15, 0.2) is 78.9 Å². The van der Waals surface area contributed by atoms with E-state index in [2.05, 4.69) is 5.32 Å². The van der Waals surface area contributed by atoms with Crippen LogP contribution in [-0.4, -0.2) is 30.3 Å². The van der Waals surface area contributed by atoms with E-state index in [1.54, 1.807) is 55.6 Å². The molecule has 0 aliphatic rings. The van der Waals surface area contributed by atoms with Crippen molar-refractivity contribution in [2.45, 2.75) is 6.61 Å². The third-order valence-corrected chi connectivity index (χ3v) is 4.46. The standard InChI is InChI=1S/C23H21ClN2O3/c1-26(15-22(27)25-20-11-9-19(24)10-12-20)23(28)18-7-13-21(14-8-18)29-16-17-5-3-2-4-6-17/h2-14H,15-16H2,1H3,(H,25,27). The van der Waals surface area contributed by atoms with Crippen molar-refractivity contribution in [1.82, 2.24) is 4.90 Å². The quantitative estimate of drug-likeness (QED) is 0.620. The van der Waals surface area contributed by atoms with Crippen LogP contribution in [0.5, 0.6) is 5.75 Å². The van der Waals surface area contributed by atoms with E-state index in [-0.39, 0.29) is 18.4 Å². The first-order valence-corrected chi connectivity index (χ1v) is 9.47. The molecule has 0 fully saturated rings. The lowest BCUT2D eigenvalue weighted by Crippen LogP contribution is -2.34. The smallest absolute Gasteiger partial charge is 0.254 e. The van der Waals surface area contributed by atoms with Crippen LogP contribution in [0, 0.1) is 0 Å². The molecule has 29 heavy (non-hydrogen) atoms. The number of rotatable bonds is 7. The number of hydrogen-bond donors (Lipinski definition) is 1. The van der Waals surface area contributed by atoms with Crippen LogP contribution in [-0.2, 0) is 11.4 Å². The molecule has 0 bridgehead atoms. The second-order valence-corrected chi connectivity index (χ2v) is 6.95. The van der Waals surface area contributed by atoms with Gasteiger partial charge < -0.3 is 15.0 Å². The Labute approximate surface area is 174 Å².